The maximum atomic E-state index is 13.0. The first-order chi connectivity index (χ1) is 15.6. The van der Waals surface area contributed by atoms with Crippen molar-refractivity contribution >= 4 is 23.3 Å². The highest BCUT2D eigenvalue weighted by Crippen LogP contribution is 2.30. The molecule has 0 fully saturated rings. The van der Waals surface area contributed by atoms with E-state index in [2.05, 4.69) is 22.1 Å². The number of rotatable bonds is 11. The summed E-state index contributed by atoms with van der Waals surface area (Å²) >= 11 is 1.41. The Morgan fingerprint density at radius 2 is 1.84 bits per heavy atom. The van der Waals surface area contributed by atoms with Crippen LogP contribution in [-0.2, 0) is 12.3 Å². The van der Waals surface area contributed by atoms with Gasteiger partial charge in [0.15, 0.2) is 16.7 Å². The first-order valence-electron chi connectivity index (χ1n) is 10.0. The van der Waals surface area contributed by atoms with Crippen LogP contribution >= 0.6 is 11.8 Å². The molecule has 9 heteroatoms. The average Bonchev–Trinajstić information content (AvgIpc) is 2.82. The van der Waals surface area contributed by atoms with Gasteiger partial charge in [0, 0.05) is 18.0 Å². The van der Waals surface area contributed by atoms with Crippen LogP contribution in [0.4, 0.5) is 11.5 Å². The van der Waals surface area contributed by atoms with E-state index >= 15 is 0 Å². The molecule has 0 spiro atoms. The Balaban J connectivity index is 1.79. The highest BCUT2D eigenvalue weighted by Gasteiger charge is 2.13. The smallest absolute Gasteiger partial charge is 0.297 e. The molecule has 1 heterocycles. The summed E-state index contributed by atoms with van der Waals surface area (Å²) in [5, 5.41) is 11.9. The largest absolute Gasteiger partial charge is 0.494 e. The van der Waals surface area contributed by atoms with Gasteiger partial charge in [-0.15, -0.1) is 16.8 Å². The predicted molar refractivity (Wildman–Crippen MR) is 126 cm³/mol. The van der Waals surface area contributed by atoms with Crippen molar-refractivity contribution in [2.24, 2.45) is 0 Å². The third-order valence-electron chi connectivity index (χ3n) is 4.47. The lowest BCUT2D eigenvalue weighted by atomic mass is 10.2. The molecule has 32 heavy (non-hydrogen) atoms. The highest BCUT2D eigenvalue weighted by atomic mass is 32.2. The number of allylic oxidation sites excluding steroid dienone is 1. The van der Waals surface area contributed by atoms with E-state index in [1.807, 2.05) is 49.4 Å². The van der Waals surface area contributed by atoms with Crippen LogP contribution in [0.25, 0.3) is 0 Å². The molecule has 168 valence electrons. The quantitative estimate of drug-likeness (QED) is 0.339. The summed E-state index contributed by atoms with van der Waals surface area (Å²) < 4.78 is 17.6. The zero-order valence-corrected chi connectivity index (χ0v) is 19.1. The van der Waals surface area contributed by atoms with Crippen molar-refractivity contribution in [3.63, 3.8) is 0 Å². The number of hydrogen-bond donors (Lipinski definition) is 1. The summed E-state index contributed by atoms with van der Waals surface area (Å²) in [7, 11) is 3.19. The van der Waals surface area contributed by atoms with E-state index in [1.165, 1.54) is 11.8 Å². The summed E-state index contributed by atoms with van der Waals surface area (Å²) in [6, 6.07) is 13.0. The van der Waals surface area contributed by atoms with Crippen LogP contribution in [0.2, 0.25) is 0 Å². The van der Waals surface area contributed by atoms with Gasteiger partial charge in [0.25, 0.3) is 5.56 Å². The molecule has 0 atom stereocenters. The van der Waals surface area contributed by atoms with Crippen molar-refractivity contribution in [2.45, 2.75) is 24.4 Å². The molecule has 0 unspecified atom stereocenters. The fourth-order valence-corrected chi connectivity index (χ4v) is 3.82. The number of hydrogen-bond acceptors (Lipinski definition) is 8. The molecule has 8 nitrogen and oxygen atoms in total. The van der Waals surface area contributed by atoms with E-state index in [0.717, 1.165) is 17.0 Å². The Morgan fingerprint density at radius 1 is 1.09 bits per heavy atom. The molecule has 0 amide bonds. The summed E-state index contributed by atoms with van der Waals surface area (Å²) in [6.45, 7) is 6.59. The molecule has 2 aromatic carbocycles. The molecule has 0 aliphatic carbocycles. The van der Waals surface area contributed by atoms with Crippen molar-refractivity contribution in [3.8, 4) is 17.2 Å². The first-order valence-corrected chi connectivity index (χ1v) is 11.0. The van der Waals surface area contributed by atoms with Gasteiger partial charge in [0.05, 0.1) is 20.8 Å². The molecule has 3 rings (SSSR count). The molecule has 1 aromatic heterocycles. The number of thioether (sulfide) groups is 1. The number of ether oxygens (including phenoxy) is 3. The number of nitrogens with zero attached hydrogens (tertiary/aromatic N) is 3. The summed E-state index contributed by atoms with van der Waals surface area (Å²) in [6.07, 6.45) is 1.66. The van der Waals surface area contributed by atoms with E-state index in [4.69, 9.17) is 14.2 Å². The van der Waals surface area contributed by atoms with Gasteiger partial charge in [-0.25, -0.2) is 0 Å². The summed E-state index contributed by atoms with van der Waals surface area (Å²) in [5.41, 5.74) is 1.45. The minimum Gasteiger partial charge on any atom is -0.494 e. The third-order valence-corrected chi connectivity index (χ3v) is 5.51. The van der Waals surface area contributed by atoms with Crippen LogP contribution in [-0.4, -0.2) is 35.6 Å². The van der Waals surface area contributed by atoms with Gasteiger partial charge in [-0.05, 0) is 48.9 Å². The zero-order chi connectivity index (χ0) is 22.9. The number of nitrogens with one attached hydrogen (secondary N) is 1. The summed E-state index contributed by atoms with van der Waals surface area (Å²) in [4.78, 5) is 13.0. The van der Waals surface area contributed by atoms with Gasteiger partial charge in [0.1, 0.15) is 5.75 Å². The first kappa shape index (κ1) is 23.2. The molecular weight excluding hydrogens is 428 g/mol. The Morgan fingerprint density at radius 3 is 2.50 bits per heavy atom. The number of aromatic nitrogens is 3. The number of benzene rings is 2. The van der Waals surface area contributed by atoms with Crippen LogP contribution in [0.15, 0.2) is 65.1 Å². The Labute approximate surface area is 191 Å². The number of anilines is 2. The van der Waals surface area contributed by atoms with Crippen molar-refractivity contribution in [3.05, 3.63) is 71.0 Å². The van der Waals surface area contributed by atoms with Gasteiger partial charge in [-0.2, -0.15) is 0 Å². The third kappa shape index (κ3) is 5.61. The fourth-order valence-electron chi connectivity index (χ4n) is 2.94. The molecule has 0 saturated heterocycles. The van der Waals surface area contributed by atoms with Crippen molar-refractivity contribution in [1.82, 2.24) is 14.8 Å². The highest BCUT2D eigenvalue weighted by molar-refractivity contribution is 7.98. The second kappa shape index (κ2) is 11.2. The molecule has 1 N–H and O–H groups in total. The molecule has 0 saturated carbocycles. The maximum Gasteiger partial charge on any atom is 0.297 e. The van der Waals surface area contributed by atoms with Crippen LogP contribution in [0, 0.1) is 0 Å². The minimum atomic E-state index is -0.274. The second-order valence-corrected chi connectivity index (χ2v) is 7.54. The van der Waals surface area contributed by atoms with E-state index in [-0.39, 0.29) is 11.4 Å². The van der Waals surface area contributed by atoms with Gasteiger partial charge in [0.2, 0.25) is 5.82 Å². The fraction of sp³-hybridized carbons (Fsp3) is 0.261. The van der Waals surface area contributed by atoms with Crippen LogP contribution < -0.4 is 25.1 Å². The monoisotopic (exact) mass is 454 g/mol. The lowest BCUT2D eigenvalue weighted by Gasteiger charge is -2.13. The van der Waals surface area contributed by atoms with Crippen LogP contribution in [0.1, 0.15) is 12.5 Å². The molecule has 0 radical (unpaired) electrons. The molecule has 0 bridgehead atoms. The molecule has 3 aromatic rings. The van der Waals surface area contributed by atoms with Gasteiger partial charge >= 0.3 is 0 Å². The lowest BCUT2D eigenvalue weighted by molar-refractivity contribution is 0.340. The van der Waals surface area contributed by atoms with Crippen molar-refractivity contribution in [2.75, 3.05) is 26.1 Å². The standard InChI is InChI=1S/C23H26N4O4S/c1-5-13-27-22(28)21(24-17-8-10-18(11-9-17)31-6-2)25-26-23(27)32-15-16-7-12-19(29-3)20(14-16)30-4/h5,7-12,14H,1,6,13,15H2,2-4H3,(H,24,25). The van der Waals surface area contributed by atoms with E-state index < -0.39 is 0 Å². The minimum absolute atomic E-state index is 0.145. The van der Waals surface area contributed by atoms with Crippen LogP contribution in [0.3, 0.4) is 0 Å². The van der Waals surface area contributed by atoms with Crippen molar-refractivity contribution < 1.29 is 14.2 Å². The Hall–Kier alpha value is -3.46. The van der Waals surface area contributed by atoms with Gasteiger partial charge < -0.3 is 19.5 Å². The molecule has 0 aliphatic heterocycles. The van der Waals surface area contributed by atoms with E-state index in [9.17, 15) is 4.79 Å². The SMILES string of the molecule is C=CCn1c(SCc2ccc(OC)c(OC)c2)nnc(Nc2ccc(OCC)cc2)c1=O. The normalized spacial score (nSPS) is 10.5. The zero-order valence-electron chi connectivity index (χ0n) is 18.3. The molecule has 0 aliphatic rings. The van der Waals surface area contributed by atoms with Crippen molar-refractivity contribution in [1.29, 1.82) is 0 Å². The lowest BCUT2D eigenvalue weighted by Crippen LogP contribution is -2.26. The van der Waals surface area contributed by atoms with E-state index in [1.54, 1.807) is 24.9 Å². The number of methoxy groups -OCH3 is 2. The average molecular weight is 455 g/mol. The predicted octanol–water partition coefficient (Wildman–Crippen LogP) is 4.28. The van der Waals surface area contributed by atoms with Crippen LogP contribution in [0.5, 0.6) is 17.2 Å². The summed E-state index contributed by atoms with van der Waals surface area (Å²) in [5.74, 6) is 2.79. The molecular formula is C23H26N4O4S. The Kier molecular flexibility index (Phi) is 8.15. The van der Waals surface area contributed by atoms with Gasteiger partial charge in [-0.1, -0.05) is 23.9 Å². The second-order valence-electron chi connectivity index (χ2n) is 6.60. The maximum absolute atomic E-state index is 13.0. The van der Waals surface area contributed by atoms with E-state index in [0.29, 0.717) is 35.6 Å². The Bertz CT molecular complexity index is 1120. The van der Waals surface area contributed by atoms with Gasteiger partial charge in [-0.3, -0.25) is 9.36 Å². The topological polar surface area (TPSA) is 87.5 Å².